The molecule has 4 atom stereocenters. The highest BCUT2D eigenvalue weighted by Crippen LogP contribution is 2.44. The zero-order chi connectivity index (χ0) is 69.3. The van der Waals surface area contributed by atoms with Gasteiger partial charge < -0.3 is 61.4 Å². The standard InChI is InChI=1S/C34H42N2O9Si.C25H24N2O7.C9H20O3Si/c1-11-34(43-29(38)19(2)45-46(9,10)33(6,7)8)24-16-26-27-21(17-36(26)28(37)23(24)18-41-30(34)39)14-20-15-22(12-13-25(20)35-27)42-31(40)44-32(3,4)5;1-5-25(31)17-10-19-20-14(11-27(19)21(28)16(17)12-32-22(25)29)8-13-9-15(6-7-18(13)26-20)33-23(30)34-24(2,3)4;1-7(8(10)11)12-13(5,6)9(2,3)4/h12-16,19H,11,17-18H2,1-10H3;6-10,31H,5,11-12H2,1-4H3;7H,1-6H3,(H,10,11)/t19-,34+;25-;7-/m101/s1. The highest BCUT2D eigenvalue weighted by Gasteiger charge is 2.52. The minimum atomic E-state index is -2.34. The summed E-state index contributed by atoms with van der Waals surface area (Å²) >= 11 is 0. The van der Waals surface area contributed by atoms with Gasteiger partial charge in [-0.2, -0.15) is 0 Å². The third kappa shape index (κ3) is 14.5. The first-order chi connectivity index (χ1) is 42.8. The number of nitrogens with zero attached hydrogens (tertiary/aromatic N) is 4. The first-order valence-electron chi connectivity index (χ1n) is 31.0. The van der Waals surface area contributed by atoms with E-state index < -0.39 is 87.4 Å². The van der Waals surface area contributed by atoms with Crippen molar-refractivity contribution in [2.24, 2.45) is 0 Å². The van der Waals surface area contributed by atoms with Gasteiger partial charge in [-0.05, 0) is 165 Å². The van der Waals surface area contributed by atoms with E-state index >= 15 is 0 Å². The molecule has 0 bridgehead atoms. The molecule has 2 N–H and O–H groups in total. The number of rotatable bonds is 11. The van der Waals surface area contributed by atoms with Gasteiger partial charge in [-0.25, -0.2) is 38.7 Å². The number of hydrogen-bond acceptors (Lipinski definition) is 20. The molecule has 23 nitrogen and oxygen atoms in total. The summed E-state index contributed by atoms with van der Waals surface area (Å²) in [4.78, 5) is 111. The zero-order valence-electron chi connectivity index (χ0n) is 56.8. The molecule has 0 spiro atoms. The Morgan fingerprint density at radius 3 is 1.40 bits per heavy atom. The number of hydrogen-bond donors (Lipinski definition) is 2. The molecule has 500 valence electrons. The summed E-state index contributed by atoms with van der Waals surface area (Å²) in [6.45, 7) is 37.8. The molecule has 93 heavy (non-hydrogen) atoms. The molecule has 25 heteroatoms. The molecule has 2 aromatic carbocycles. The minimum Gasteiger partial charge on any atom is -0.479 e. The van der Waals surface area contributed by atoms with Gasteiger partial charge in [-0.3, -0.25) is 9.59 Å². The predicted octanol–water partition coefficient (Wildman–Crippen LogP) is 12.2. The van der Waals surface area contributed by atoms with Gasteiger partial charge >= 0.3 is 36.2 Å². The van der Waals surface area contributed by atoms with E-state index in [1.54, 1.807) is 127 Å². The Kier molecular flexibility index (Phi) is 19.3. The van der Waals surface area contributed by atoms with Crippen LogP contribution in [0.25, 0.3) is 44.6 Å². The molecule has 6 aromatic rings. The third-order valence-corrected chi connectivity index (χ3v) is 26.7. The predicted molar refractivity (Wildman–Crippen MR) is 350 cm³/mol. The van der Waals surface area contributed by atoms with Crippen molar-refractivity contribution in [1.29, 1.82) is 0 Å². The van der Waals surface area contributed by atoms with Gasteiger partial charge in [0.1, 0.15) is 48.1 Å². The van der Waals surface area contributed by atoms with E-state index in [4.69, 9.17) is 57.1 Å². The number of aromatic nitrogens is 4. The zero-order valence-corrected chi connectivity index (χ0v) is 58.8. The number of aliphatic carboxylic acids is 1. The van der Waals surface area contributed by atoms with E-state index in [2.05, 4.69) is 41.5 Å². The average Bonchev–Trinajstić information content (AvgIpc) is 1.68. The number of pyridine rings is 4. The van der Waals surface area contributed by atoms with Crippen molar-refractivity contribution in [2.45, 2.75) is 221 Å². The van der Waals surface area contributed by atoms with E-state index in [1.165, 1.54) is 0 Å². The molecule has 0 unspecified atom stereocenters. The summed E-state index contributed by atoms with van der Waals surface area (Å²) < 4.78 is 52.7. The summed E-state index contributed by atoms with van der Waals surface area (Å²) in [5.74, 6) is -2.47. The van der Waals surface area contributed by atoms with Crippen molar-refractivity contribution in [3.05, 3.63) is 115 Å². The number of fused-ring (bicyclic) bond motifs is 10. The molecule has 8 heterocycles. The number of benzene rings is 2. The first kappa shape index (κ1) is 70.8. The van der Waals surface area contributed by atoms with Gasteiger partial charge in [-0.15, -0.1) is 0 Å². The molecule has 4 aromatic heterocycles. The lowest BCUT2D eigenvalue weighted by molar-refractivity contribution is -0.193. The Bertz CT molecular complexity index is 4150. The molecular formula is C68H86N4O19Si2. The molecule has 4 aliphatic rings. The second-order valence-electron chi connectivity index (χ2n) is 28.8. The van der Waals surface area contributed by atoms with Crippen LogP contribution in [0.2, 0.25) is 36.3 Å². The first-order valence-corrected chi connectivity index (χ1v) is 36.8. The molecule has 10 rings (SSSR count). The molecule has 0 aliphatic carbocycles. The molecule has 0 amide bonds. The number of carbonyl (C=O) groups is 6. The topological polar surface area (TPSA) is 296 Å². The Balaban J connectivity index is 0.000000206. The van der Waals surface area contributed by atoms with Crippen LogP contribution in [0.4, 0.5) is 9.59 Å². The SMILES string of the molecule is CC[C@@]1(O)C(=O)OCc2c1cc1n(c2=O)Cc2cc3cc(OC(=O)OC(C)(C)C)ccc3nc2-1.CC[C@@]1(OC(=O)[C@@H](C)O[Si](C)(C)C(C)(C)C)C(=O)OCc2c1cc1n(c2=O)Cc2cc3cc(OC(=O)OC(C)(C)C)ccc3nc2-1.C[C@@H](O[Si](C)(C)C(C)(C)C)C(=O)O. The maximum absolute atomic E-state index is 13.9. The lowest BCUT2D eigenvalue weighted by atomic mass is 9.85. The Morgan fingerprint density at radius 1 is 0.591 bits per heavy atom. The quantitative estimate of drug-likeness (QED) is 0.0526. The van der Waals surface area contributed by atoms with Gasteiger partial charge in [0.25, 0.3) is 11.1 Å². The number of carbonyl (C=O) groups excluding carboxylic acids is 5. The molecule has 0 saturated heterocycles. The van der Waals surface area contributed by atoms with Crippen LogP contribution in [-0.2, 0) is 89.2 Å². The number of aliphatic hydroxyl groups is 1. The largest absolute Gasteiger partial charge is 0.514 e. The van der Waals surface area contributed by atoms with Crippen LogP contribution in [0.1, 0.15) is 157 Å². The summed E-state index contributed by atoms with van der Waals surface area (Å²) in [5.41, 5.74) is 0.400. The Morgan fingerprint density at radius 2 is 1.00 bits per heavy atom. The van der Waals surface area contributed by atoms with Crippen LogP contribution in [0, 0.1) is 0 Å². The van der Waals surface area contributed by atoms with Crippen molar-refractivity contribution < 1.29 is 81.0 Å². The maximum atomic E-state index is 13.9. The van der Waals surface area contributed by atoms with Crippen LogP contribution in [0.3, 0.4) is 0 Å². The van der Waals surface area contributed by atoms with E-state index in [-0.39, 0.29) is 77.0 Å². The average molecular weight is 1320 g/mol. The van der Waals surface area contributed by atoms with Crippen molar-refractivity contribution in [1.82, 2.24) is 19.1 Å². The lowest BCUT2D eigenvalue weighted by Gasteiger charge is -2.39. The second kappa shape index (κ2) is 25.3. The lowest BCUT2D eigenvalue weighted by Crippen LogP contribution is -2.50. The van der Waals surface area contributed by atoms with Crippen LogP contribution in [0.5, 0.6) is 11.5 Å². The maximum Gasteiger partial charge on any atom is 0.514 e. The molecule has 0 fully saturated rings. The third-order valence-electron chi connectivity index (χ3n) is 17.6. The van der Waals surface area contributed by atoms with Crippen LogP contribution < -0.4 is 20.6 Å². The van der Waals surface area contributed by atoms with Gasteiger partial charge in [0.05, 0.1) is 58.0 Å². The fourth-order valence-corrected chi connectivity index (χ4v) is 13.2. The van der Waals surface area contributed by atoms with Crippen molar-refractivity contribution in [2.75, 3.05) is 0 Å². The fourth-order valence-electron chi connectivity index (χ4n) is 10.5. The van der Waals surface area contributed by atoms with E-state index in [9.17, 15) is 43.5 Å². The highest BCUT2D eigenvalue weighted by molar-refractivity contribution is 6.74. The number of cyclic esters (lactones) is 2. The Labute approximate surface area is 542 Å². The van der Waals surface area contributed by atoms with Crippen LogP contribution >= 0.6 is 0 Å². The monoisotopic (exact) mass is 1320 g/mol. The number of carboxylic acids is 1. The number of esters is 3. The van der Waals surface area contributed by atoms with Crippen molar-refractivity contribution in [3.8, 4) is 34.3 Å². The normalized spacial score (nSPS) is 18.0. The van der Waals surface area contributed by atoms with Gasteiger partial charge in [0, 0.05) is 33.0 Å². The van der Waals surface area contributed by atoms with Crippen LogP contribution in [-0.4, -0.2) is 106 Å². The summed E-state index contributed by atoms with van der Waals surface area (Å²) in [6, 6.07) is 17.2. The van der Waals surface area contributed by atoms with E-state index in [1.807, 2.05) is 38.3 Å². The Hall–Kier alpha value is -8.11. The van der Waals surface area contributed by atoms with Gasteiger partial charge in [0.2, 0.25) is 5.60 Å². The fraction of sp³-hybridized carbons (Fsp3) is 0.500. The number of carboxylic acid groups (broad SMARTS) is 1. The minimum absolute atomic E-state index is 0.0543. The molecule has 0 saturated carbocycles. The van der Waals surface area contributed by atoms with Crippen LogP contribution in [0.15, 0.2) is 70.3 Å². The summed E-state index contributed by atoms with van der Waals surface area (Å²) in [7, 11) is -4.25. The molecular weight excluding hydrogens is 1230 g/mol. The van der Waals surface area contributed by atoms with E-state index in [0.29, 0.717) is 56.3 Å². The van der Waals surface area contributed by atoms with E-state index in [0.717, 1.165) is 16.5 Å². The highest BCUT2D eigenvalue weighted by atomic mass is 28.4. The van der Waals surface area contributed by atoms with Crippen molar-refractivity contribution in [3.63, 3.8) is 0 Å². The van der Waals surface area contributed by atoms with Crippen molar-refractivity contribution >= 4 is 74.6 Å². The molecule has 0 radical (unpaired) electrons. The second-order valence-corrected chi connectivity index (χ2v) is 38.3. The summed E-state index contributed by atoms with van der Waals surface area (Å²) in [5, 5.41) is 21.0. The summed E-state index contributed by atoms with van der Waals surface area (Å²) in [6.07, 6.45) is -3.11. The number of ether oxygens (including phenoxy) is 7. The van der Waals surface area contributed by atoms with Gasteiger partial charge in [0.15, 0.2) is 22.2 Å². The molecule has 4 aliphatic heterocycles. The van der Waals surface area contributed by atoms with Gasteiger partial charge in [-0.1, -0.05) is 55.4 Å². The smallest absolute Gasteiger partial charge is 0.479 e.